The van der Waals surface area contributed by atoms with Crippen LogP contribution < -0.4 is 10.6 Å². The van der Waals surface area contributed by atoms with Crippen LogP contribution >= 0.6 is 0 Å². The zero-order valence-electron chi connectivity index (χ0n) is 11.0. The van der Waals surface area contributed by atoms with E-state index in [0.717, 1.165) is 42.7 Å². The number of aryl methyl sites for hydroxylation is 1. The van der Waals surface area contributed by atoms with Crippen LogP contribution in [0, 0.1) is 18.3 Å². The number of nitriles is 1. The molecule has 0 radical (unpaired) electrons. The van der Waals surface area contributed by atoms with Gasteiger partial charge in [0.2, 0.25) is 0 Å². The Bertz CT molecular complexity index is 631. The highest BCUT2D eigenvalue weighted by molar-refractivity contribution is 5.75. The Kier molecular flexibility index (Phi) is 3.10. The van der Waals surface area contributed by atoms with Crippen molar-refractivity contribution in [1.82, 2.24) is 14.9 Å². The third-order valence-electron chi connectivity index (χ3n) is 3.69. The highest BCUT2D eigenvalue weighted by Crippen LogP contribution is 2.26. The second-order valence-electron chi connectivity index (χ2n) is 5.00. The summed E-state index contributed by atoms with van der Waals surface area (Å²) in [4.78, 5) is 0. The first-order valence-electron chi connectivity index (χ1n) is 6.64. The molecule has 0 spiro atoms. The predicted molar refractivity (Wildman–Crippen MR) is 74.2 cm³/mol. The fourth-order valence-electron chi connectivity index (χ4n) is 2.66. The van der Waals surface area contributed by atoms with Gasteiger partial charge in [0, 0.05) is 12.2 Å². The number of piperidine rings is 1. The summed E-state index contributed by atoms with van der Waals surface area (Å²) < 4.78 is 1.77. The largest absolute Gasteiger partial charge is 0.381 e. The van der Waals surface area contributed by atoms with Gasteiger partial charge in [-0.1, -0.05) is 0 Å². The normalized spacial score (nSPS) is 16.4. The third-order valence-corrected chi connectivity index (χ3v) is 3.69. The lowest BCUT2D eigenvalue weighted by atomic mass is 10.0. The van der Waals surface area contributed by atoms with Crippen LogP contribution in [0.3, 0.4) is 0 Å². The Balaban J connectivity index is 2.01. The summed E-state index contributed by atoms with van der Waals surface area (Å²) in [7, 11) is 0. The molecule has 1 aliphatic heterocycles. The Hall–Kier alpha value is -2.06. The Morgan fingerprint density at radius 2 is 2.26 bits per heavy atom. The SMILES string of the molecule is Cc1cn2nccc2c(C#N)c1NC1CCNCC1. The molecule has 0 saturated carbocycles. The van der Waals surface area contributed by atoms with Gasteiger partial charge in [0.25, 0.3) is 0 Å². The smallest absolute Gasteiger partial charge is 0.104 e. The minimum absolute atomic E-state index is 0.442. The van der Waals surface area contributed by atoms with Gasteiger partial charge in [0.1, 0.15) is 11.6 Å². The number of fused-ring (bicyclic) bond motifs is 1. The monoisotopic (exact) mass is 255 g/mol. The maximum absolute atomic E-state index is 9.45. The van der Waals surface area contributed by atoms with E-state index >= 15 is 0 Å². The standard InChI is InChI=1S/C14H17N5/c1-10-9-19-13(4-7-17-19)12(8-15)14(10)18-11-2-5-16-6-3-11/h4,7,9,11,16,18H,2-3,5-6H2,1H3. The predicted octanol–water partition coefficient (Wildman–Crippen LogP) is 1.68. The van der Waals surface area contributed by atoms with E-state index in [1.165, 1.54) is 0 Å². The summed E-state index contributed by atoms with van der Waals surface area (Å²) in [6, 6.07) is 4.64. The highest BCUT2D eigenvalue weighted by Gasteiger charge is 2.17. The van der Waals surface area contributed by atoms with Gasteiger partial charge in [-0.25, -0.2) is 4.52 Å². The third kappa shape index (κ3) is 2.15. The number of hydrogen-bond acceptors (Lipinski definition) is 4. The average Bonchev–Trinajstić information content (AvgIpc) is 2.88. The van der Waals surface area contributed by atoms with Crippen molar-refractivity contribution < 1.29 is 0 Å². The van der Waals surface area contributed by atoms with Gasteiger partial charge in [-0.15, -0.1) is 0 Å². The molecule has 19 heavy (non-hydrogen) atoms. The first-order chi connectivity index (χ1) is 9.29. The molecule has 0 aliphatic carbocycles. The van der Waals surface area contributed by atoms with Crippen LogP contribution in [-0.2, 0) is 0 Å². The van der Waals surface area contributed by atoms with Gasteiger partial charge in [-0.2, -0.15) is 10.4 Å². The van der Waals surface area contributed by atoms with E-state index in [-0.39, 0.29) is 0 Å². The number of pyridine rings is 1. The number of nitrogens with zero attached hydrogens (tertiary/aromatic N) is 3. The topological polar surface area (TPSA) is 65.2 Å². The average molecular weight is 255 g/mol. The molecule has 0 atom stereocenters. The van der Waals surface area contributed by atoms with Crippen LogP contribution in [0.25, 0.3) is 5.52 Å². The van der Waals surface area contributed by atoms with Gasteiger partial charge in [0.15, 0.2) is 0 Å². The second kappa shape index (κ2) is 4.90. The Labute approximate surface area is 112 Å². The van der Waals surface area contributed by atoms with E-state index in [1.807, 2.05) is 19.2 Å². The quantitative estimate of drug-likeness (QED) is 0.857. The van der Waals surface area contributed by atoms with E-state index in [9.17, 15) is 5.26 Å². The lowest BCUT2D eigenvalue weighted by Crippen LogP contribution is -2.35. The maximum Gasteiger partial charge on any atom is 0.104 e. The van der Waals surface area contributed by atoms with E-state index in [1.54, 1.807) is 10.7 Å². The first-order valence-corrected chi connectivity index (χ1v) is 6.64. The number of rotatable bonds is 2. The number of nitrogens with one attached hydrogen (secondary N) is 2. The molecule has 0 bridgehead atoms. The molecule has 2 aromatic heterocycles. The van der Waals surface area contributed by atoms with Gasteiger partial charge in [-0.05, 0) is 44.5 Å². The van der Waals surface area contributed by atoms with E-state index in [4.69, 9.17) is 0 Å². The van der Waals surface area contributed by atoms with E-state index in [0.29, 0.717) is 11.6 Å². The maximum atomic E-state index is 9.45. The van der Waals surface area contributed by atoms with Crippen molar-refractivity contribution in [2.24, 2.45) is 0 Å². The minimum atomic E-state index is 0.442. The number of hydrogen-bond donors (Lipinski definition) is 2. The molecular weight excluding hydrogens is 238 g/mol. The van der Waals surface area contributed by atoms with Gasteiger partial charge >= 0.3 is 0 Å². The molecule has 2 N–H and O–H groups in total. The molecule has 3 rings (SSSR count). The van der Waals surface area contributed by atoms with Crippen molar-refractivity contribution in [1.29, 1.82) is 5.26 Å². The van der Waals surface area contributed by atoms with Crippen molar-refractivity contribution in [3.8, 4) is 6.07 Å². The van der Waals surface area contributed by atoms with Crippen molar-refractivity contribution in [2.75, 3.05) is 18.4 Å². The fraction of sp³-hybridized carbons (Fsp3) is 0.429. The van der Waals surface area contributed by atoms with Crippen molar-refractivity contribution >= 4 is 11.2 Å². The summed E-state index contributed by atoms with van der Waals surface area (Å²) in [5.41, 5.74) is 3.58. The first kappa shape index (κ1) is 12.0. The van der Waals surface area contributed by atoms with Crippen molar-refractivity contribution in [3.63, 3.8) is 0 Å². The summed E-state index contributed by atoms with van der Waals surface area (Å²) in [6.45, 7) is 4.09. The zero-order valence-corrected chi connectivity index (χ0v) is 11.0. The van der Waals surface area contributed by atoms with Crippen molar-refractivity contribution in [3.05, 3.63) is 29.6 Å². The molecule has 5 nitrogen and oxygen atoms in total. The van der Waals surface area contributed by atoms with Crippen LogP contribution in [-0.4, -0.2) is 28.7 Å². The zero-order chi connectivity index (χ0) is 13.2. The van der Waals surface area contributed by atoms with Gasteiger partial charge in [0.05, 0.1) is 17.4 Å². The van der Waals surface area contributed by atoms with Crippen LogP contribution in [0.5, 0.6) is 0 Å². The molecule has 1 aliphatic rings. The Morgan fingerprint density at radius 1 is 1.47 bits per heavy atom. The molecular formula is C14H17N5. The van der Waals surface area contributed by atoms with Crippen LogP contribution in [0.15, 0.2) is 18.5 Å². The molecule has 98 valence electrons. The lowest BCUT2D eigenvalue weighted by molar-refractivity contribution is 0.479. The number of aromatic nitrogens is 2. The van der Waals surface area contributed by atoms with Crippen molar-refractivity contribution in [2.45, 2.75) is 25.8 Å². The lowest BCUT2D eigenvalue weighted by Gasteiger charge is -2.26. The van der Waals surface area contributed by atoms with Gasteiger partial charge in [-0.3, -0.25) is 0 Å². The summed E-state index contributed by atoms with van der Waals surface area (Å²) in [5.74, 6) is 0. The van der Waals surface area contributed by atoms with E-state index < -0.39 is 0 Å². The molecule has 5 heteroatoms. The molecule has 0 aromatic carbocycles. The molecule has 0 amide bonds. The summed E-state index contributed by atoms with van der Waals surface area (Å²) in [6.07, 6.45) is 5.88. The molecule has 1 saturated heterocycles. The van der Waals surface area contributed by atoms with E-state index in [2.05, 4.69) is 21.8 Å². The number of anilines is 1. The van der Waals surface area contributed by atoms with Gasteiger partial charge < -0.3 is 10.6 Å². The second-order valence-corrected chi connectivity index (χ2v) is 5.00. The highest BCUT2D eigenvalue weighted by atomic mass is 15.2. The summed E-state index contributed by atoms with van der Waals surface area (Å²) >= 11 is 0. The van der Waals surface area contributed by atoms with Crippen LogP contribution in [0.1, 0.15) is 24.0 Å². The molecule has 0 unspecified atom stereocenters. The molecule has 3 heterocycles. The fourth-order valence-corrected chi connectivity index (χ4v) is 2.66. The minimum Gasteiger partial charge on any atom is -0.381 e. The Morgan fingerprint density at radius 3 is 3.00 bits per heavy atom. The molecule has 1 fully saturated rings. The van der Waals surface area contributed by atoms with Crippen LogP contribution in [0.2, 0.25) is 0 Å². The summed E-state index contributed by atoms with van der Waals surface area (Å²) in [5, 5.41) is 20.5. The molecule has 2 aromatic rings. The van der Waals surface area contributed by atoms with Crippen LogP contribution in [0.4, 0.5) is 5.69 Å².